The summed E-state index contributed by atoms with van der Waals surface area (Å²) in [6, 6.07) is 16.9. The molecular weight excluding hydrogens is 306 g/mol. The normalized spacial score (nSPS) is 11.6. The minimum atomic E-state index is 1.06. The number of hydrogen-bond acceptors (Lipinski definition) is 2. The molecule has 2 aliphatic heterocycles. The first-order chi connectivity index (χ1) is 8.83. The maximum Gasteiger partial charge on any atom is 0.125 e. The van der Waals surface area contributed by atoms with Gasteiger partial charge in [0.15, 0.2) is 0 Å². The molecule has 0 saturated heterocycles. The monoisotopic (exact) mass is 313 g/mol. The highest BCUT2D eigenvalue weighted by atomic mass is 79.9. The Morgan fingerprint density at radius 2 is 1.89 bits per heavy atom. The molecule has 0 bridgehead atoms. The lowest BCUT2D eigenvalue weighted by atomic mass is 10.1. The van der Waals surface area contributed by atoms with Gasteiger partial charge < -0.3 is 0 Å². The summed E-state index contributed by atoms with van der Waals surface area (Å²) >= 11 is 5.38. The second-order valence-corrected chi connectivity index (χ2v) is 6.13. The van der Waals surface area contributed by atoms with E-state index in [1.54, 1.807) is 11.3 Å². The summed E-state index contributed by atoms with van der Waals surface area (Å²) in [6.07, 6.45) is 0. The van der Waals surface area contributed by atoms with Crippen LogP contribution in [0, 0.1) is 0 Å². The van der Waals surface area contributed by atoms with Crippen LogP contribution in [0.3, 0.4) is 0 Å². The van der Waals surface area contributed by atoms with E-state index in [1.165, 1.54) is 21.0 Å². The van der Waals surface area contributed by atoms with Gasteiger partial charge in [-0.25, -0.2) is 4.98 Å². The molecule has 0 fully saturated rings. The van der Waals surface area contributed by atoms with E-state index >= 15 is 0 Å². The zero-order chi connectivity index (χ0) is 12.1. The molecule has 0 N–H and O–H groups in total. The van der Waals surface area contributed by atoms with Gasteiger partial charge in [-0.15, -0.1) is 11.3 Å². The van der Waals surface area contributed by atoms with Crippen LogP contribution in [0.25, 0.3) is 31.6 Å². The lowest BCUT2D eigenvalue weighted by molar-refractivity contribution is 1.52. The van der Waals surface area contributed by atoms with Gasteiger partial charge in [-0.05, 0) is 29.7 Å². The molecule has 3 heteroatoms. The molecule has 2 aromatic rings. The molecule has 0 atom stereocenters. The molecule has 1 nitrogen and oxygen atoms in total. The third-order valence-corrected chi connectivity index (χ3v) is 4.90. The van der Waals surface area contributed by atoms with Gasteiger partial charge in [0.2, 0.25) is 0 Å². The third kappa shape index (κ3) is 1.41. The van der Waals surface area contributed by atoms with Crippen molar-refractivity contribution in [2.24, 2.45) is 0 Å². The van der Waals surface area contributed by atoms with E-state index in [4.69, 9.17) is 4.98 Å². The Labute approximate surface area is 117 Å². The molecule has 0 aliphatic carbocycles. The van der Waals surface area contributed by atoms with Gasteiger partial charge in [0.1, 0.15) is 5.01 Å². The minimum absolute atomic E-state index is 1.06. The summed E-state index contributed by atoms with van der Waals surface area (Å²) in [7, 11) is 0. The first-order valence-electron chi connectivity index (χ1n) is 5.69. The second-order valence-electron chi connectivity index (χ2n) is 4.25. The van der Waals surface area contributed by atoms with Crippen molar-refractivity contribution >= 4 is 48.3 Å². The Morgan fingerprint density at radius 1 is 1.00 bits per heavy atom. The van der Waals surface area contributed by atoms with Crippen molar-refractivity contribution in [1.82, 2.24) is 4.98 Å². The molecule has 18 heavy (non-hydrogen) atoms. The van der Waals surface area contributed by atoms with Crippen molar-refractivity contribution in [3.8, 4) is 10.6 Å². The van der Waals surface area contributed by atoms with Crippen molar-refractivity contribution in [3.63, 3.8) is 0 Å². The SMILES string of the molecule is Brc1cccc2nc3sc4ccccc4cc-3c12. The molecule has 0 amide bonds. The van der Waals surface area contributed by atoms with E-state index in [1.807, 2.05) is 6.07 Å². The molecule has 2 aromatic carbocycles. The Hall–Kier alpha value is -1.45. The zero-order valence-corrected chi connectivity index (χ0v) is 11.8. The summed E-state index contributed by atoms with van der Waals surface area (Å²) in [5.74, 6) is 0. The standard InChI is InChI=1S/C15H8BrNS/c16-11-5-3-6-12-14(11)10-8-9-4-1-2-7-13(9)18-15(10)17-12/h1-8H. The highest BCUT2D eigenvalue weighted by molar-refractivity contribution is 9.10. The summed E-state index contributed by atoms with van der Waals surface area (Å²) in [5, 5.41) is 3.60. The number of halogens is 1. The van der Waals surface area contributed by atoms with Gasteiger partial charge in [-0.3, -0.25) is 0 Å². The molecule has 4 rings (SSSR count). The highest BCUT2D eigenvalue weighted by Gasteiger charge is 2.15. The number of benzene rings is 2. The molecule has 0 aromatic heterocycles. The smallest absolute Gasteiger partial charge is 0.125 e. The van der Waals surface area contributed by atoms with E-state index in [0.29, 0.717) is 0 Å². The summed E-state index contributed by atoms with van der Waals surface area (Å²) in [5.41, 5.74) is 2.30. The maximum absolute atomic E-state index is 4.71. The highest BCUT2D eigenvalue weighted by Crippen LogP contribution is 2.40. The number of nitrogens with zero attached hydrogens (tertiary/aromatic N) is 1. The summed E-state index contributed by atoms with van der Waals surface area (Å²) < 4.78 is 2.40. The fourth-order valence-corrected chi connectivity index (χ4v) is 3.90. The second kappa shape index (κ2) is 3.77. The molecule has 86 valence electrons. The molecule has 0 unspecified atom stereocenters. The molecule has 0 spiro atoms. The lowest BCUT2D eigenvalue weighted by Crippen LogP contribution is -1.75. The topological polar surface area (TPSA) is 12.9 Å². The predicted molar refractivity (Wildman–Crippen MR) is 81.4 cm³/mol. The van der Waals surface area contributed by atoms with Crippen LogP contribution < -0.4 is 0 Å². The summed E-state index contributed by atoms with van der Waals surface area (Å²) in [4.78, 5) is 4.71. The van der Waals surface area contributed by atoms with Crippen LogP contribution >= 0.6 is 27.3 Å². The number of fused-ring (bicyclic) bond motifs is 4. The van der Waals surface area contributed by atoms with Crippen molar-refractivity contribution < 1.29 is 0 Å². The average Bonchev–Trinajstić information content (AvgIpc) is 2.74. The van der Waals surface area contributed by atoms with Crippen LogP contribution in [0.2, 0.25) is 0 Å². The first kappa shape index (κ1) is 10.5. The fourth-order valence-electron chi connectivity index (χ4n) is 2.31. The third-order valence-electron chi connectivity index (χ3n) is 3.14. The van der Waals surface area contributed by atoms with E-state index in [-0.39, 0.29) is 0 Å². The Morgan fingerprint density at radius 3 is 2.83 bits per heavy atom. The van der Waals surface area contributed by atoms with Gasteiger partial charge in [-0.2, -0.15) is 0 Å². The maximum atomic E-state index is 4.71. The molecule has 0 radical (unpaired) electrons. The largest absolute Gasteiger partial charge is 0.237 e. The van der Waals surface area contributed by atoms with Crippen LogP contribution in [0.5, 0.6) is 0 Å². The molecule has 0 saturated carbocycles. The van der Waals surface area contributed by atoms with Crippen molar-refractivity contribution in [3.05, 3.63) is 53.0 Å². The molecule has 2 aliphatic rings. The van der Waals surface area contributed by atoms with Gasteiger partial charge in [0, 0.05) is 20.1 Å². The Bertz CT molecular complexity index is 850. The zero-order valence-electron chi connectivity index (χ0n) is 9.35. The number of rotatable bonds is 0. The van der Waals surface area contributed by atoms with Gasteiger partial charge in [0.25, 0.3) is 0 Å². The van der Waals surface area contributed by atoms with Crippen LogP contribution in [0.15, 0.2) is 53.0 Å². The Kier molecular flexibility index (Phi) is 2.19. The van der Waals surface area contributed by atoms with Crippen LogP contribution in [0.4, 0.5) is 0 Å². The van der Waals surface area contributed by atoms with Crippen LogP contribution in [0.1, 0.15) is 0 Å². The van der Waals surface area contributed by atoms with E-state index in [2.05, 4.69) is 58.4 Å². The van der Waals surface area contributed by atoms with Crippen LogP contribution in [-0.4, -0.2) is 4.98 Å². The van der Waals surface area contributed by atoms with Gasteiger partial charge in [-0.1, -0.05) is 40.2 Å². The quantitative estimate of drug-likeness (QED) is 0.428. The van der Waals surface area contributed by atoms with Crippen molar-refractivity contribution in [2.45, 2.75) is 0 Å². The number of hydrogen-bond donors (Lipinski definition) is 0. The first-order valence-corrected chi connectivity index (χ1v) is 7.30. The molecule has 2 heterocycles. The average molecular weight is 314 g/mol. The van der Waals surface area contributed by atoms with Gasteiger partial charge in [0.05, 0.1) is 5.52 Å². The minimum Gasteiger partial charge on any atom is -0.237 e. The van der Waals surface area contributed by atoms with Crippen molar-refractivity contribution in [1.29, 1.82) is 0 Å². The van der Waals surface area contributed by atoms with E-state index < -0.39 is 0 Å². The summed E-state index contributed by atoms with van der Waals surface area (Å²) in [6.45, 7) is 0. The van der Waals surface area contributed by atoms with E-state index in [9.17, 15) is 0 Å². The van der Waals surface area contributed by atoms with Crippen molar-refractivity contribution in [2.75, 3.05) is 0 Å². The lowest BCUT2D eigenvalue weighted by Gasteiger charge is -2.02. The van der Waals surface area contributed by atoms with Crippen LogP contribution in [-0.2, 0) is 0 Å². The van der Waals surface area contributed by atoms with E-state index in [0.717, 1.165) is 15.0 Å². The van der Waals surface area contributed by atoms with Gasteiger partial charge >= 0.3 is 0 Å². The predicted octanol–water partition coefficient (Wildman–Crippen LogP) is 5.32. The fraction of sp³-hybridized carbons (Fsp3) is 0. The Balaban J connectivity index is 2.26. The number of aromatic nitrogens is 1. The molecular formula is C15H8BrNS.